The molecule has 1 saturated heterocycles. The van der Waals surface area contributed by atoms with Crippen LogP contribution >= 0.6 is 0 Å². The average Bonchev–Trinajstić information content (AvgIpc) is 2.53. The van der Waals surface area contributed by atoms with Gasteiger partial charge in [0.05, 0.1) is 6.54 Å². The van der Waals surface area contributed by atoms with E-state index in [4.69, 9.17) is 4.74 Å². The maximum atomic E-state index is 12.4. The number of carbonyl (C=O) groups excluding carboxylic acids is 1. The van der Waals surface area contributed by atoms with Gasteiger partial charge in [-0.2, -0.15) is 4.39 Å². The summed E-state index contributed by atoms with van der Waals surface area (Å²) in [4.78, 5) is 14.1. The van der Waals surface area contributed by atoms with Crippen LogP contribution < -0.4 is 5.32 Å². The van der Waals surface area contributed by atoms with Crippen molar-refractivity contribution < 1.29 is 13.9 Å². The second-order valence-electron chi connectivity index (χ2n) is 2.69. The lowest BCUT2D eigenvalue weighted by molar-refractivity contribution is 0.141. The maximum Gasteiger partial charge on any atom is 0.407 e. The predicted molar refractivity (Wildman–Crippen MR) is 41.4 cm³/mol. The van der Waals surface area contributed by atoms with E-state index in [1.807, 2.05) is 0 Å². The minimum Gasteiger partial charge on any atom is -0.439 e. The summed E-state index contributed by atoms with van der Waals surface area (Å²) in [5.41, 5.74) is 0.694. The molecule has 1 fully saturated rings. The second-order valence-corrected chi connectivity index (χ2v) is 2.69. The summed E-state index contributed by atoms with van der Waals surface area (Å²) in [5.74, 6) is -0.541. The SMILES string of the molecule is O=C1NCC(c2ccc(F)nc2)O1. The molecule has 0 aromatic carbocycles. The lowest BCUT2D eigenvalue weighted by Crippen LogP contribution is -2.12. The normalized spacial score (nSPS) is 21.0. The molecule has 1 unspecified atom stereocenters. The van der Waals surface area contributed by atoms with Gasteiger partial charge in [-0.15, -0.1) is 0 Å². The van der Waals surface area contributed by atoms with E-state index < -0.39 is 12.0 Å². The highest BCUT2D eigenvalue weighted by Crippen LogP contribution is 2.19. The zero-order chi connectivity index (χ0) is 9.26. The molecule has 0 aliphatic carbocycles. The van der Waals surface area contributed by atoms with E-state index in [0.29, 0.717) is 12.1 Å². The lowest BCUT2D eigenvalue weighted by atomic mass is 10.2. The van der Waals surface area contributed by atoms with Gasteiger partial charge in [-0.05, 0) is 12.1 Å². The molecule has 1 aliphatic rings. The quantitative estimate of drug-likeness (QED) is 0.659. The Bertz CT molecular complexity index is 325. The van der Waals surface area contributed by atoms with Crippen LogP contribution in [-0.4, -0.2) is 17.6 Å². The van der Waals surface area contributed by atoms with Gasteiger partial charge in [-0.25, -0.2) is 9.78 Å². The molecule has 0 bridgehead atoms. The second kappa shape index (κ2) is 3.01. The Kier molecular flexibility index (Phi) is 1.84. The third kappa shape index (κ3) is 1.58. The van der Waals surface area contributed by atoms with Gasteiger partial charge in [0.15, 0.2) is 0 Å². The van der Waals surface area contributed by atoms with Crippen molar-refractivity contribution in [3.8, 4) is 0 Å². The van der Waals surface area contributed by atoms with Crippen LogP contribution in [0.2, 0.25) is 0 Å². The van der Waals surface area contributed by atoms with Crippen LogP contribution in [0.1, 0.15) is 11.7 Å². The lowest BCUT2D eigenvalue weighted by Gasteiger charge is -2.05. The van der Waals surface area contributed by atoms with Crippen LogP contribution in [0.3, 0.4) is 0 Å². The molecular weight excluding hydrogens is 175 g/mol. The monoisotopic (exact) mass is 182 g/mol. The number of aromatic nitrogens is 1. The number of ether oxygens (including phenoxy) is 1. The van der Waals surface area contributed by atoms with Crippen LogP contribution in [-0.2, 0) is 4.74 Å². The number of cyclic esters (lactones) is 1. The third-order valence-electron chi connectivity index (χ3n) is 1.80. The summed E-state index contributed by atoms with van der Waals surface area (Å²) in [7, 11) is 0. The van der Waals surface area contributed by atoms with E-state index >= 15 is 0 Å². The fourth-order valence-electron chi connectivity index (χ4n) is 1.15. The van der Waals surface area contributed by atoms with E-state index in [1.54, 1.807) is 6.07 Å². The van der Waals surface area contributed by atoms with Crippen molar-refractivity contribution in [3.63, 3.8) is 0 Å². The zero-order valence-corrected chi connectivity index (χ0v) is 6.66. The van der Waals surface area contributed by atoms with E-state index in [-0.39, 0.29) is 6.10 Å². The van der Waals surface area contributed by atoms with Crippen LogP contribution in [0, 0.1) is 5.95 Å². The first-order valence-electron chi connectivity index (χ1n) is 3.81. The van der Waals surface area contributed by atoms with Crippen molar-refractivity contribution in [2.75, 3.05) is 6.54 Å². The highest BCUT2D eigenvalue weighted by Gasteiger charge is 2.24. The molecule has 1 atom stereocenters. The van der Waals surface area contributed by atoms with Crippen molar-refractivity contribution >= 4 is 6.09 Å². The molecule has 4 nitrogen and oxygen atoms in total. The van der Waals surface area contributed by atoms with Crippen molar-refractivity contribution in [2.45, 2.75) is 6.10 Å². The number of rotatable bonds is 1. The van der Waals surface area contributed by atoms with Gasteiger partial charge in [0.25, 0.3) is 0 Å². The standard InChI is InChI=1S/C8H7FN2O2/c9-7-2-1-5(3-10-7)6-4-11-8(12)13-6/h1-3,6H,4H2,(H,11,12). The Hall–Kier alpha value is -1.65. The number of alkyl carbamates (subject to hydrolysis) is 1. The first-order chi connectivity index (χ1) is 6.25. The minimum absolute atomic E-state index is 0.347. The van der Waals surface area contributed by atoms with E-state index in [1.165, 1.54) is 12.3 Å². The molecule has 5 heteroatoms. The average molecular weight is 182 g/mol. The van der Waals surface area contributed by atoms with E-state index in [0.717, 1.165) is 0 Å². The van der Waals surface area contributed by atoms with Gasteiger partial charge in [-0.1, -0.05) is 0 Å². The first-order valence-corrected chi connectivity index (χ1v) is 3.81. The van der Waals surface area contributed by atoms with Crippen LogP contribution in [0.4, 0.5) is 9.18 Å². The summed E-state index contributed by atoms with van der Waals surface area (Å²) >= 11 is 0. The van der Waals surface area contributed by atoms with Crippen molar-refractivity contribution in [1.29, 1.82) is 0 Å². The summed E-state index contributed by atoms with van der Waals surface area (Å²) in [6.45, 7) is 0.409. The predicted octanol–water partition coefficient (Wildman–Crippen LogP) is 1.00. The van der Waals surface area contributed by atoms with Gasteiger partial charge in [0.2, 0.25) is 5.95 Å². The molecule has 2 rings (SSSR count). The number of hydrogen-bond acceptors (Lipinski definition) is 3. The molecule has 1 N–H and O–H groups in total. The number of hydrogen-bond donors (Lipinski definition) is 1. The molecule has 1 aliphatic heterocycles. The number of nitrogens with zero attached hydrogens (tertiary/aromatic N) is 1. The van der Waals surface area contributed by atoms with Crippen LogP contribution in [0.5, 0.6) is 0 Å². The Labute approximate surface area is 73.7 Å². The largest absolute Gasteiger partial charge is 0.439 e. The summed E-state index contributed by atoms with van der Waals surface area (Å²) in [5, 5.41) is 2.50. The van der Waals surface area contributed by atoms with Crippen molar-refractivity contribution in [1.82, 2.24) is 10.3 Å². The first kappa shape index (κ1) is 7.97. The fourth-order valence-corrected chi connectivity index (χ4v) is 1.15. The van der Waals surface area contributed by atoms with E-state index in [2.05, 4.69) is 10.3 Å². The molecule has 2 heterocycles. The Morgan fingerprint density at radius 2 is 2.46 bits per heavy atom. The fraction of sp³-hybridized carbons (Fsp3) is 0.250. The topological polar surface area (TPSA) is 51.2 Å². The molecule has 1 aromatic heterocycles. The molecule has 0 spiro atoms. The maximum absolute atomic E-state index is 12.4. The van der Waals surface area contributed by atoms with Crippen molar-refractivity contribution in [2.24, 2.45) is 0 Å². The molecule has 1 amide bonds. The summed E-state index contributed by atoms with van der Waals surface area (Å²) < 4.78 is 17.3. The molecule has 0 saturated carbocycles. The van der Waals surface area contributed by atoms with Crippen LogP contribution in [0.25, 0.3) is 0 Å². The molecule has 0 radical (unpaired) electrons. The Morgan fingerprint density at radius 3 is 3.00 bits per heavy atom. The molecule has 1 aromatic rings. The third-order valence-corrected chi connectivity index (χ3v) is 1.80. The smallest absolute Gasteiger partial charge is 0.407 e. The number of pyridine rings is 1. The molecule has 68 valence electrons. The highest BCUT2D eigenvalue weighted by molar-refractivity contribution is 5.69. The summed E-state index contributed by atoms with van der Waals surface area (Å²) in [6, 6.07) is 2.79. The Balaban J connectivity index is 2.17. The number of carbonyl (C=O) groups is 1. The number of halogens is 1. The van der Waals surface area contributed by atoms with Gasteiger partial charge in [0, 0.05) is 11.8 Å². The number of amides is 1. The van der Waals surface area contributed by atoms with E-state index in [9.17, 15) is 9.18 Å². The minimum atomic E-state index is -0.541. The van der Waals surface area contributed by atoms with Crippen LogP contribution in [0.15, 0.2) is 18.3 Å². The van der Waals surface area contributed by atoms with Crippen molar-refractivity contribution in [3.05, 3.63) is 29.8 Å². The highest BCUT2D eigenvalue weighted by atomic mass is 19.1. The number of nitrogens with one attached hydrogen (secondary N) is 1. The Morgan fingerprint density at radius 1 is 1.62 bits per heavy atom. The summed E-state index contributed by atoms with van der Waals surface area (Å²) in [6.07, 6.45) is 0.565. The van der Waals surface area contributed by atoms with Gasteiger partial charge >= 0.3 is 6.09 Å². The van der Waals surface area contributed by atoms with Gasteiger partial charge in [0.1, 0.15) is 6.10 Å². The van der Waals surface area contributed by atoms with Gasteiger partial charge in [-0.3, -0.25) is 0 Å². The zero-order valence-electron chi connectivity index (χ0n) is 6.66. The van der Waals surface area contributed by atoms with Gasteiger partial charge < -0.3 is 10.1 Å². The molecular formula is C8H7FN2O2. The molecule has 13 heavy (non-hydrogen) atoms.